The van der Waals surface area contributed by atoms with Gasteiger partial charge in [-0.15, -0.1) is 0 Å². The molecule has 106 valence electrons. The molecule has 1 atom stereocenters. The van der Waals surface area contributed by atoms with Gasteiger partial charge in [0.2, 0.25) is 0 Å². The summed E-state index contributed by atoms with van der Waals surface area (Å²) in [6.45, 7) is 5.27. The lowest BCUT2D eigenvalue weighted by molar-refractivity contribution is -0.161. The zero-order chi connectivity index (χ0) is 14.3. The Bertz CT molecular complexity index is 574. The minimum absolute atomic E-state index is 0.247. The van der Waals surface area contributed by atoms with Crippen LogP contribution in [-0.4, -0.2) is 5.97 Å². The summed E-state index contributed by atoms with van der Waals surface area (Å²) in [6.07, 6.45) is 4.49. The van der Waals surface area contributed by atoms with Crippen molar-refractivity contribution >= 4 is 5.97 Å². The lowest BCUT2D eigenvalue weighted by Crippen LogP contribution is -2.39. The van der Waals surface area contributed by atoms with Gasteiger partial charge in [-0.3, -0.25) is 0 Å². The van der Waals surface area contributed by atoms with Crippen LogP contribution in [0, 0.1) is 11.7 Å². The smallest absolute Gasteiger partial charge is 0.334 e. The maximum Gasteiger partial charge on any atom is 0.334 e. The van der Waals surface area contributed by atoms with Crippen LogP contribution in [0.1, 0.15) is 43.7 Å². The van der Waals surface area contributed by atoms with E-state index in [0.717, 1.165) is 31.2 Å². The number of ether oxygens (including phenoxy) is 1. The summed E-state index contributed by atoms with van der Waals surface area (Å²) in [5.41, 5.74) is 1.20. The first kappa shape index (κ1) is 13.3. The van der Waals surface area contributed by atoms with Crippen LogP contribution in [0.25, 0.3) is 0 Å². The van der Waals surface area contributed by atoms with E-state index in [0.29, 0.717) is 17.6 Å². The molecule has 3 heteroatoms. The van der Waals surface area contributed by atoms with Crippen molar-refractivity contribution < 1.29 is 13.9 Å². The van der Waals surface area contributed by atoms with Gasteiger partial charge in [0.25, 0.3) is 0 Å². The number of halogens is 1. The number of rotatable bonds is 3. The van der Waals surface area contributed by atoms with Gasteiger partial charge < -0.3 is 4.74 Å². The largest absolute Gasteiger partial charge is 0.450 e. The van der Waals surface area contributed by atoms with E-state index in [1.165, 1.54) is 6.07 Å². The molecule has 2 nitrogen and oxygen atoms in total. The second-order valence-corrected chi connectivity index (χ2v) is 5.96. The molecule has 2 aliphatic rings. The second-order valence-electron chi connectivity index (χ2n) is 5.96. The minimum Gasteiger partial charge on any atom is -0.450 e. The topological polar surface area (TPSA) is 26.3 Å². The maximum atomic E-state index is 14.4. The van der Waals surface area contributed by atoms with Crippen LogP contribution in [0.15, 0.2) is 30.4 Å². The molecule has 0 spiro atoms. The Morgan fingerprint density at radius 3 is 2.85 bits per heavy atom. The predicted molar refractivity (Wildman–Crippen MR) is 74.6 cm³/mol. The van der Waals surface area contributed by atoms with Crippen molar-refractivity contribution in [3.8, 4) is 0 Å². The highest BCUT2D eigenvalue weighted by atomic mass is 19.1. The van der Waals surface area contributed by atoms with Crippen molar-refractivity contribution in [3.63, 3.8) is 0 Å². The number of esters is 1. The van der Waals surface area contributed by atoms with E-state index in [9.17, 15) is 9.18 Å². The van der Waals surface area contributed by atoms with Gasteiger partial charge in [0.15, 0.2) is 0 Å². The monoisotopic (exact) mass is 274 g/mol. The highest BCUT2D eigenvalue weighted by molar-refractivity contribution is 5.87. The van der Waals surface area contributed by atoms with E-state index in [1.54, 1.807) is 13.0 Å². The summed E-state index contributed by atoms with van der Waals surface area (Å²) in [4.78, 5) is 12.0. The van der Waals surface area contributed by atoms with Crippen LogP contribution in [0.2, 0.25) is 0 Å². The first-order valence-electron chi connectivity index (χ1n) is 7.21. The van der Waals surface area contributed by atoms with Crippen LogP contribution in [-0.2, 0) is 21.6 Å². The molecule has 0 N–H and O–H groups in total. The average molecular weight is 274 g/mol. The summed E-state index contributed by atoms with van der Waals surface area (Å²) in [5.74, 6) is -0.404. The lowest BCUT2D eigenvalue weighted by Gasteiger charge is -2.39. The molecule has 1 aromatic carbocycles. The van der Waals surface area contributed by atoms with Crippen molar-refractivity contribution in [1.29, 1.82) is 0 Å². The Hall–Kier alpha value is -1.64. The van der Waals surface area contributed by atoms with E-state index >= 15 is 0 Å². The lowest BCUT2D eigenvalue weighted by atomic mass is 9.75. The molecule has 0 bridgehead atoms. The van der Waals surface area contributed by atoms with Gasteiger partial charge in [-0.1, -0.05) is 18.7 Å². The van der Waals surface area contributed by atoms with E-state index in [-0.39, 0.29) is 11.7 Å². The first-order chi connectivity index (χ1) is 9.54. The fourth-order valence-electron chi connectivity index (χ4n) is 3.31. The Morgan fingerprint density at radius 2 is 2.20 bits per heavy atom. The molecule has 0 saturated heterocycles. The molecule has 1 fully saturated rings. The van der Waals surface area contributed by atoms with Crippen LogP contribution < -0.4 is 0 Å². The van der Waals surface area contributed by atoms with E-state index < -0.39 is 11.6 Å². The highest BCUT2D eigenvalue weighted by Crippen LogP contribution is 2.54. The number of aryl methyl sites for hydroxylation is 1. The van der Waals surface area contributed by atoms with Gasteiger partial charge in [-0.25, -0.2) is 9.18 Å². The molecule has 0 amide bonds. The molecular weight excluding hydrogens is 255 g/mol. The SMILES string of the molecule is C=C(C)C(=O)OC1(C2CC2)CCCc2cccc(F)c21. The molecule has 1 unspecified atom stereocenters. The van der Waals surface area contributed by atoms with Crippen molar-refractivity contribution in [1.82, 2.24) is 0 Å². The van der Waals surface area contributed by atoms with E-state index in [2.05, 4.69) is 6.58 Å². The summed E-state index contributed by atoms with van der Waals surface area (Å²) in [5, 5.41) is 0. The van der Waals surface area contributed by atoms with Crippen molar-refractivity contribution in [2.45, 2.75) is 44.6 Å². The molecule has 1 aromatic rings. The van der Waals surface area contributed by atoms with E-state index in [1.807, 2.05) is 6.07 Å². The van der Waals surface area contributed by atoms with Crippen LogP contribution >= 0.6 is 0 Å². The molecule has 3 rings (SSSR count). The third-order valence-electron chi connectivity index (χ3n) is 4.38. The number of hydrogen-bond acceptors (Lipinski definition) is 2. The quantitative estimate of drug-likeness (QED) is 0.617. The summed E-state index contributed by atoms with van der Waals surface area (Å²) >= 11 is 0. The van der Waals surface area contributed by atoms with E-state index in [4.69, 9.17) is 4.74 Å². The van der Waals surface area contributed by atoms with Gasteiger partial charge in [0.05, 0.1) is 0 Å². The number of fused-ring (bicyclic) bond motifs is 1. The van der Waals surface area contributed by atoms with Gasteiger partial charge in [0, 0.05) is 17.1 Å². The molecule has 0 radical (unpaired) electrons. The third kappa shape index (κ3) is 2.05. The second kappa shape index (κ2) is 4.72. The zero-order valence-corrected chi connectivity index (χ0v) is 11.7. The van der Waals surface area contributed by atoms with Gasteiger partial charge in [0.1, 0.15) is 11.4 Å². The van der Waals surface area contributed by atoms with Crippen LogP contribution in [0.3, 0.4) is 0 Å². The Kier molecular flexibility index (Phi) is 3.15. The zero-order valence-electron chi connectivity index (χ0n) is 11.7. The molecule has 0 heterocycles. The number of carbonyl (C=O) groups is 1. The average Bonchev–Trinajstić information content (AvgIpc) is 3.23. The van der Waals surface area contributed by atoms with Crippen molar-refractivity contribution in [2.75, 3.05) is 0 Å². The van der Waals surface area contributed by atoms with Gasteiger partial charge in [-0.05, 0) is 50.7 Å². The van der Waals surface area contributed by atoms with Crippen LogP contribution in [0.5, 0.6) is 0 Å². The molecule has 0 aliphatic heterocycles. The standard InChI is InChI=1S/C17H19FO2/c1-11(2)16(19)20-17(13-8-9-13)10-4-6-12-5-3-7-14(18)15(12)17/h3,5,7,13H,1,4,6,8-10H2,2H3. The van der Waals surface area contributed by atoms with Crippen molar-refractivity contribution in [3.05, 3.63) is 47.3 Å². The van der Waals surface area contributed by atoms with Gasteiger partial charge >= 0.3 is 5.97 Å². The fraction of sp³-hybridized carbons (Fsp3) is 0.471. The molecule has 1 saturated carbocycles. The Balaban J connectivity index is 2.09. The molecule has 20 heavy (non-hydrogen) atoms. The number of benzene rings is 1. The Labute approximate surface area is 118 Å². The third-order valence-corrected chi connectivity index (χ3v) is 4.38. The first-order valence-corrected chi connectivity index (χ1v) is 7.21. The highest BCUT2D eigenvalue weighted by Gasteiger charge is 2.53. The minimum atomic E-state index is -0.769. The summed E-state index contributed by atoms with van der Waals surface area (Å²) < 4.78 is 20.2. The summed E-state index contributed by atoms with van der Waals surface area (Å²) in [6, 6.07) is 5.15. The maximum absolute atomic E-state index is 14.4. The summed E-state index contributed by atoms with van der Waals surface area (Å²) in [7, 11) is 0. The molecule has 0 aromatic heterocycles. The van der Waals surface area contributed by atoms with Crippen LogP contribution in [0.4, 0.5) is 4.39 Å². The number of carbonyl (C=O) groups excluding carboxylic acids is 1. The Morgan fingerprint density at radius 1 is 1.45 bits per heavy atom. The fourth-order valence-corrected chi connectivity index (χ4v) is 3.31. The molecular formula is C17H19FO2. The van der Waals surface area contributed by atoms with Gasteiger partial charge in [-0.2, -0.15) is 0 Å². The predicted octanol–water partition coefficient (Wildman–Crippen LogP) is 3.89. The van der Waals surface area contributed by atoms with Crippen molar-refractivity contribution in [2.24, 2.45) is 5.92 Å². The number of hydrogen-bond donors (Lipinski definition) is 0. The normalized spacial score (nSPS) is 24.9. The molecule has 2 aliphatic carbocycles.